The van der Waals surface area contributed by atoms with Crippen molar-refractivity contribution in [3.63, 3.8) is 0 Å². The molecule has 0 atom stereocenters. The number of carboxylic acids is 1. The molecule has 0 saturated carbocycles. The lowest BCUT2D eigenvalue weighted by atomic mass is 10.2. The fraction of sp³-hybridized carbons (Fsp3) is 0.379. The summed E-state index contributed by atoms with van der Waals surface area (Å²) < 4.78 is 41.4. The van der Waals surface area contributed by atoms with E-state index in [0.29, 0.717) is 24.6 Å². The van der Waals surface area contributed by atoms with Crippen LogP contribution in [0.5, 0.6) is 5.75 Å². The third-order valence-corrected chi connectivity index (χ3v) is 8.45. The second kappa shape index (κ2) is 12.3. The molecule has 0 fully saturated rings. The van der Waals surface area contributed by atoms with E-state index in [9.17, 15) is 17.8 Å². The first-order valence-electron chi connectivity index (χ1n) is 13.1. The average molecular weight is 572 g/mol. The number of aliphatic carboxylic acids is 1. The Balaban J connectivity index is 1.62. The molecule has 1 aliphatic heterocycles. The van der Waals surface area contributed by atoms with E-state index in [0.717, 1.165) is 46.7 Å². The molecule has 0 unspecified atom stereocenters. The lowest BCUT2D eigenvalue weighted by Gasteiger charge is -2.18. The molecule has 1 aromatic heterocycles. The van der Waals surface area contributed by atoms with Gasteiger partial charge in [-0.25, -0.2) is 0 Å². The van der Waals surface area contributed by atoms with Crippen LogP contribution in [0.1, 0.15) is 55.2 Å². The predicted molar refractivity (Wildman–Crippen MR) is 155 cm³/mol. The molecule has 0 spiro atoms. The average Bonchev–Trinajstić information content (AvgIpc) is 3.34. The first-order chi connectivity index (χ1) is 18.5. The van der Waals surface area contributed by atoms with Gasteiger partial charge in [-0.2, -0.15) is 13.0 Å². The number of thiazole rings is 1. The standard InChI is InChI=1S/C29H34N2O6S2/c1-20-9-11-25-23(16-20)30(14-7-15-39(34,35)36)27(37-25)18-22(3)19-28-31(13-6-4-5-8-29(32)33)24-17-21(2)10-12-26(24)38-28/h9-12,16-19H,4-8,13-15H2,1-3H3,(H-,32,33,34,35,36)/p+1. The van der Waals surface area contributed by atoms with Crippen LogP contribution in [0, 0.1) is 13.8 Å². The molecule has 2 heterocycles. The number of benzene rings is 2. The van der Waals surface area contributed by atoms with Crippen molar-refractivity contribution in [2.45, 2.75) is 59.4 Å². The Labute approximate surface area is 233 Å². The van der Waals surface area contributed by atoms with E-state index in [1.807, 2.05) is 43.0 Å². The molecule has 0 radical (unpaired) electrons. The molecule has 2 aromatic carbocycles. The maximum Gasteiger partial charge on any atom is 0.303 e. The van der Waals surface area contributed by atoms with Crippen LogP contribution >= 0.6 is 11.3 Å². The summed E-state index contributed by atoms with van der Waals surface area (Å²) in [6.07, 6.45) is 6.92. The smallest absolute Gasteiger partial charge is 0.303 e. The molecular formula is C29H35N2O6S2+. The van der Waals surface area contributed by atoms with Gasteiger partial charge in [0.25, 0.3) is 15.1 Å². The molecule has 10 heteroatoms. The highest BCUT2D eigenvalue weighted by Gasteiger charge is 2.27. The van der Waals surface area contributed by atoms with Crippen molar-refractivity contribution in [1.29, 1.82) is 0 Å². The minimum atomic E-state index is -4.05. The van der Waals surface area contributed by atoms with Crippen LogP contribution in [0.25, 0.3) is 16.3 Å². The normalized spacial score (nSPS) is 14.7. The van der Waals surface area contributed by atoms with Crippen molar-refractivity contribution < 1.29 is 32.2 Å². The Morgan fingerprint density at radius 1 is 1.08 bits per heavy atom. The van der Waals surface area contributed by atoms with Crippen LogP contribution < -0.4 is 14.2 Å². The Morgan fingerprint density at radius 2 is 1.82 bits per heavy atom. The van der Waals surface area contributed by atoms with E-state index in [-0.39, 0.29) is 18.6 Å². The number of hydrogen-bond donors (Lipinski definition) is 2. The molecule has 0 amide bonds. The van der Waals surface area contributed by atoms with Gasteiger partial charge in [0.1, 0.15) is 4.70 Å². The van der Waals surface area contributed by atoms with E-state index < -0.39 is 16.1 Å². The van der Waals surface area contributed by atoms with E-state index in [2.05, 4.69) is 35.8 Å². The van der Waals surface area contributed by atoms with Crippen molar-refractivity contribution >= 4 is 49.4 Å². The highest BCUT2D eigenvalue weighted by molar-refractivity contribution is 7.85. The largest absolute Gasteiger partial charge is 0.481 e. The van der Waals surface area contributed by atoms with Crippen LogP contribution in [-0.2, 0) is 21.5 Å². The summed E-state index contributed by atoms with van der Waals surface area (Å²) in [7, 11) is -4.05. The lowest BCUT2D eigenvalue weighted by Crippen LogP contribution is -2.35. The number of anilines is 1. The number of fused-ring (bicyclic) bond motifs is 2. The molecule has 0 aliphatic carbocycles. The Bertz CT molecular complexity index is 1540. The maximum atomic E-state index is 11.3. The summed E-state index contributed by atoms with van der Waals surface area (Å²) in [4.78, 5) is 12.8. The van der Waals surface area contributed by atoms with E-state index in [1.54, 1.807) is 11.3 Å². The number of hydrogen-bond acceptors (Lipinski definition) is 6. The number of carboxylic acid groups (broad SMARTS) is 1. The quantitative estimate of drug-likeness (QED) is 0.159. The highest BCUT2D eigenvalue weighted by atomic mass is 32.2. The zero-order valence-electron chi connectivity index (χ0n) is 22.5. The summed E-state index contributed by atoms with van der Waals surface area (Å²) in [5.41, 5.74) is 5.25. The van der Waals surface area contributed by atoms with Crippen LogP contribution in [0.15, 0.2) is 53.9 Å². The van der Waals surface area contributed by atoms with Crippen molar-refractivity contribution in [2.75, 3.05) is 17.2 Å². The number of aromatic nitrogens is 1. The van der Waals surface area contributed by atoms with Gasteiger partial charge in [0.05, 0.1) is 11.4 Å². The molecular weight excluding hydrogens is 536 g/mol. The summed E-state index contributed by atoms with van der Waals surface area (Å²) >= 11 is 1.71. The zero-order chi connectivity index (χ0) is 28.2. The predicted octanol–water partition coefficient (Wildman–Crippen LogP) is 5.87. The SMILES string of the molecule is CC(=Cc1sc2ccc(C)cc2[n+]1CCCCCC(=O)O)C=C1Oc2ccc(C)cc2N1CCCS(=O)(=O)O. The third kappa shape index (κ3) is 7.68. The number of carbonyl (C=O) groups is 1. The van der Waals surface area contributed by atoms with Gasteiger partial charge in [-0.1, -0.05) is 23.5 Å². The van der Waals surface area contributed by atoms with Gasteiger partial charge in [0, 0.05) is 37.6 Å². The minimum Gasteiger partial charge on any atom is -0.481 e. The Kier molecular flexibility index (Phi) is 9.09. The number of allylic oxidation sites excluding steroid dienone is 2. The van der Waals surface area contributed by atoms with Crippen LogP contribution in [0.3, 0.4) is 0 Å². The molecule has 0 bridgehead atoms. The summed E-state index contributed by atoms with van der Waals surface area (Å²) in [5.74, 6) is 0.239. The van der Waals surface area contributed by atoms with Crippen LogP contribution in [0.4, 0.5) is 5.69 Å². The Morgan fingerprint density at radius 3 is 2.56 bits per heavy atom. The number of nitrogens with zero attached hydrogens (tertiary/aromatic N) is 2. The monoisotopic (exact) mass is 571 g/mol. The number of unbranched alkanes of at least 4 members (excludes halogenated alkanes) is 2. The highest BCUT2D eigenvalue weighted by Crippen LogP contribution is 2.40. The Hall–Kier alpha value is -3.21. The molecule has 0 saturated heterocycles. The minimum absolute atomic E-state index is 0.191. The van der Waals surface area contributed by atoms with Gasteiger partial charge in [0.15, 0.2) is 12.3 Å². The molecule has 1 aliphatic rings. The summed E-state index contributed by atoms with van der Waals surface area (Å²) in [5, 5.41) is 10.0. The van der Waals surface area contributed by atoms with Crippen LogP contribution in [0.2, 0.25) is 0 Å². The fourth-order valence-electron chi connectivity index (χ4n) is 4.66. The summed E-state index contributed by atoms with van der Waals surface area (Å²) in [6, 6.07) is 12.3. The maximum absolute atomic E-state index is 11.3. The molecule has 8 nitrogen and oxygen atoms in total. The van der Waals surface area contributed by atoms with Gasteiger partial charge >= 0.3 is 5.97 Å². The van der Waals surface area contributed by atoms with Gasteiger partial charge < -0.3 is 14.7 Å². The van der Waals surface area contributed by atoms with Gasteiger partial charge in [-0.15, -0.1) is 0 Å². The molecule has 2 N–H and O–H groups in total. The first-order valence-corrected chi connectivity index (χ1v) is 15.5. The molecule has 4 rings (SSSR count). The lowest BCUT2D eigenvalue weighted by molar-refractivity contribution is -0.669. The van der Waals surface area contributed by atoms with Crippen molar-refractivity contribution in [2.24, 2.45) is 0 Å². The second-order valence-electron chi connectivity index (χ2n) is 10.0. The van der Waals surface area contributed by atoms with Crippen molar-refractivity contribution in [3.05, 3.63) is 70.1 Å². The third-order valence-electron chi connectivity index (χ3n) is 6.53. The van der Waals surface area contributed by atoms with E-state index in [4.69, 9.17) is 9.84 Å². The van der Waals surface area contributed by atoms with E-state index in [1.165, 1.54) is 10.3 Å². The first kappa shape index (κ1) is 28.8. The van der Waals surface area contributed by atoms with Gasteiger partial charge in [-0.05, 0) is 74.9 Å². The number of rotatable bonds is 12. The molecule has 208 valence electrons. The van der Waals surface area contributed by atoms with Gasteiger partial charge in [-0.3, -0.25) is 9.35 Å². The molecule has 3 aromatic rings. The van der Waals surface area contributed by atoms with Gasteiger partial charge in [0.2, 0.25) is 11.4 Å². The fourth-order valence-corrected chi connectivity index (χ4v) is 6.33. The number of ether oxygens (including phenoxy) is 1. The molecule has 39 heavy (non-hydrogen) atoms. The second-order valence-corrected chi connectivity index (χ2v) is 12.6. The van der Waals surface area contributed by atoms with Crippen molar-refractivity contribution in [1.82, 2.24) is 0 Å². The topological polar surface area (TPSA) is 108 Å². The summed E-state index contributed by atoms with van der Waals surface area (Å²) in [6.45, 7) is 7.25. The zero-order valence-corrected chi connectivity index (χ0v) is 24.1. The van der Waals surface area contributed by atoms with E-state index >= 15 is 0 Å². The van der Waals surface area contributed by atoms with Crippen LogP contribution in [-0.4, -0.2) is 36.3 Å². The van der Waals surface area contributed by atoms with Crippen molar-refractivity contribution in [3.8, 4) is 5.75 Å². The number of aryl methyl sites for hydroxylation is 3.